The molecule has 2 rings (SSSR count). The van der Waals surface area contributed by atoms with Crippen molar-refractivity contribution in [3.05, 3.63) is 11.8 Å². The van der Waals surface area contributed by atoms with Crippen molar-refractivity contribution < 1.29 is 4.74 Å². The lowest BCUT2D eigenvalue weighted by molar-refractivity contribution is 0.0343. The van der Waals surface area contributed by atoms with Crippen molar-refractivity contribution in [2.45, 2.75) is 6.54 Å². The van der Waals surface area contributed by atoms with Crippen LogP contribution in [0.1, 0.15) is 5.56 Å². The van der Waals surface area contributed by atoms with Gasteiger partial charge in [0.2, 0.25) is 0 Å². The number of morpholine rings is 1. The van der Waals surface area contributed by atoms with E-state index < -0.39 is 0 Å². The molecule has 0 amide bonds. The molecule has 2 N–H and O–H groups in total. The van der Waals surface area contributed by atoms with Gasteiger partial charge in [0.1, 0.15) is 5.82 Å². The first kappa shape index (κ1) is 9.48. The smallest absolute Gasteiger partial charge is 0.125 e. The predicted molar refractivity (Wildman–Crippen MR) is 53.7 cm³/mol. The Kier molecular flexibility index (Phi) is 2.69. The molecule has 78 valence electrons. The fourth-order valence-electron chi connectivity index (χ4n) is 1.61. The van der Waals surface area contributed by atoms with Crippen molar-refractivity contribution in [2.24, 2.45) is 7.05 Å². The monoisotopic (exact) mass is 196 g/mol. The molecule has 1 aliphatic rings. The lowest BCUT2D eigenvalue weighted by Crippen LogP contribution is -2.35. The van der Waals surface area contributed by atoms with E-state index in [9.17, 15) is 0 Å². The highest BCUT2D eigenvalue weighted by atomic mass is 16.5. The second-order valence-corrected chi connectivity index (χ2v) is 3.57. The first-order chi connectivity index (χ1) is 6.77. The minimum atomic E-state index is 0.761. The molecule has 0 radical (unpaired) electrons. The normalized spacial score (nSPS) is 18.6. The second-order valence-electron chi connectivity index (χ2n) is 3.57. The number of nitrogens with zero attached hydrogens (tertiary/aromatic N) is 3. The Morgan fingerprint density at radius 2 is 2.21 bits per heavy atom. The molecule has 0 bridgehead atoms. The summed E-state index contributed by atoms with van der Waals surface area (Å²) in [5.41, 5.74) is 6.97. The van der Waals surface area contributed by atoms with E-state index >= 15 is 0 Å². The molecule has 0 aliphatic carbocycles. The van der Waals surface area contributed by atoms with Gasteiger partial charge >= 0.3 is 0 Å². The molecule has 0 spiro atoms. The first-order valence-corrected chi connectivity index (χ1v) is 4.84. The molecule has 14 heavy (non-hydrogen) atoms. The predicted octanol–water partition coefficient (Wildman–Crippen LogP) is -0.165. The van der Waals surface area contributed by atoms with Crippen LogP contribution in [0.15, 0.2) is 6.20 Å². The molecular weight excluding hydrogens is 180 g/mol. The van der Waals surface area contributed by atoms with E-state index in [2.05, 4.69) is 10.00 Å². The van der Waals surface area contributed by atoms with Gasteiger partial charge in [-0.3, -0.25) is 9.58 Å². The molecule has 0 unspecified atom stereocenters. The van der Waals surface area contributed by atoms with Gasteiger partial charge in [0.05, 0.1) is 19.4 Å². The lowest BCUT2D eigenvalue weighted by atomic mass is 10.3. The molecular formula is C9H16N4O. The van der Waals surface area contributed by atoms with Gasteiger partial charge in [0.25, 0.3) is 0 Å². The number of nitrogens with two attached hydrogens (primary N) is 1. The lowest BCUT2D eigenvalue weighted by Gasteiger charge is -2.26. The van der Waals surface area contributed by atoms with E-state index in [1.807, 2.05) is 13.2 Å². The van der Waals surface area contributed by atoms with Gasteiger partial charge in [-0.25, -0.2) is 0 Å². The summed E-state index contributed by atoms with van der Waals surface area (Å²) < 4.78 is 6.98. The average Bonchev–Trinajstić information content (AvgIpc) is 2.52. The number of hydrogen-bond acceptors (Lipinski definition) is 4. The SMILES string of the molecule is Cn1ncc(CN2CCOCC2)c1N. The van der Waals surface area contributed by atoms with Crippen molar-refractivity contribution in [3.8, 4) is 0 Å². The average molecular weight is 196 g/mol. The maximum atomic E-state index is 5.86. The number of anilines is 1. The molecule has 5 heteroatoms. The van der Waals surface area contributed by atoms with Crippen LogP contribution in [0.5, 0.6) is 0 Å². The summed E-state index contributed by atoms with van der Waals surface area (Å²) in [6.45, 7) is 4.48. The third-order valence-corrected chi connectivity index (χ3v) is 2.56. The highest BCUT2D eigenvalue weighted by molar-refractivity contribution is 5.38. The first-order valence-electron chi connectivity index (χ1n) is 4.84. The zero-order chi connectivity index (χ0) is 9.97. The number of aromatic nitrogens is 2. The molecule has 1 aromatic rings. The highest BCUT2D eigenvalue weighted by Gasteiger charge is 2.13. The summed E-state index contributed by atoms with van der Waals surface area (Å²) in [5, 5.41) is 4.12. The number of aryl methyl sites for hydroxylation is 1. The van der Waals surface area contributed by atoms with Crippen LogP contribution in [0, 0.1) is 0 Å². The minimum Gasteiger partial charge on any atom is -0.384 e. The van der Waals surface area contributed by atoms with Crippen molar-refractivity contribution in [2.75, 3.05) is 32.0 Å². The molecule has 1 saturated heterocycles. The van der Waals surface area contributed by atoms with Gasteiger partial charge in [-0.05, 0) is 0 Å². The molecule has 5 nitrogen and oxygen atoms in total. The third kappa shape index (κ3) is 1.88. The minimum absolute atomic E-state index is 0.761. The van der Waals surface area contributed by atoms with Crippen LogP contribution in [0.2, 0.25) is 0 Å². The van der Waals surface area contributed by atoms with E-state index in [-0.39, 0.29) is 0 Å². The van der Waals surface area contributed by atoms with Gasteiger partial charge in [-0.15, -0.1) is 0 Å². The van der Waals surface area contributed by atoms with E-state index in [1.54, 1.807) is 4.68 Å². The molecule has 1 fully saturated rings. The highest BCUT2D eigenvalue weighted by Crippen LogP contribution is 2.13. The Morgan fingerprint density at radius 1 is 1.50 bits per heavy atom. The van der Waals surface area contributed by atoms with E-state index in [1.165, 1.54) is 0 Å². The van der Waals surface area contributed by atoms with Gasteiger partial charge in [-0.1, -0.05) is 0 Å². The maximum Gasteiger partial charge on any atom is 0.125 e. The molecule has 0 saturated carbocycles. The summed E-state index contributed by atoms with van der Waals surface area (Å²) in [6, 6.07) is 0. The van der Waals surface area contributed by atoms with Crippen LogP contribution >= 0.6 is 0 Å². The molecule has 1 aromatic heterocycles. The summed E-state index contributed by atoms with van der Waals surface area (Å²) >= 11 is 0. The van der Waals surface area contributed by atoms with E-state index in [4.69, 9.17) is 10.5 Å². The summed E-state index contributed by atoms with van der Waals surface area (Å²) in [6.07, 6.45) is 1.84. The number of rotatable bonds is 2. The number of hydrogen-bond donors (Lipinski definition) is 1. The van der Waals surface area contributed by atoms with Crippen molar-refractivity contribution in [3.63, 3.8) is 0 Å². The Bertz CT molecular complexity index is 304. The van der Waals surface area contributed by atoms with Gasteiger partial charge in [-0.2, -0.15) is 5.10 Å². The standard InChI is InChI=1S/C9H16N4O/c1-12-9(10)8(6-11-12)7-13-2-4-14-5-3-13/h6H,2-5,7,10H2,1H3. The van der Waals surface area contributed by atoms with Crippen molar-refractivity contribution in [1.82, 2.24) is 14.7 Å². The summed E-state index contributed by atoms with van der Waals surface area (Å²) in [7, 11) is 1.86. The van der Waals surface area contributed by atoms with Crippen LogP contribution in [0.25, 0.3) is 0 Å². The molecule has 1 aliphatic heterocycles. The summed E-state index contributed by atoms with van der Waals surface area (Å²) in [5.74, 6) is 0.761. The van der Waals surface area contributed by atoms with Gasteiger partial charge < -0.3 is 10.5 Å². The number of nitrogen functional groups attached to an aromatic ring is 1. The molecule has 0 atom stereocenters. The third-order valence-electron chi connectivity index (χ3n) is 2.56. The second kappa shape index (κ2) is 3.98. The van der Waals surface area contributed by atoms with E-state index in [0.29, 0.717) is 0 Å². The molecule has 2 heterocycles. The van der Waals surface area contributed by atoms with Crippen molar-refractivity contribution >= 4 is 5.82 Å². The largest absolute Gasteiger partial charge is 0.384 e. The van der Waals surface area contributed by atoms with Crippen molar-refractivity contribution in [1.29, 1.82) is 0 Å². The Hall–Kier alpha value is -1.07. The topological polar surface area (TPSA) is 56.3 Å². The zero-order valence-corrected chi connectivity index (χ0v) is 8.44. The Morgan fingerprint density at radius 3 is 2.79 bits per heavy atom. The van der Waals surface area contributed by atoms with Crippen LogP contribution in [0.3, 0.4) is 0 Å². The fraction of sp³-hybridized carbons (Fsp3) is 0.667. The van der Waals surface area contributed by atoms with Gasteiger partial charge in [0.15, 0.2) is 0 Å². The Balaban J connectivity index is 1.99. The van der Waals surface area contributed by atoms with Crippen LogP contribution in [0.4, 0.5) is 5.82 Å². The maximum absolute atomic E-state index is 5.86. The zero-order valence-electron chi connectivity index (χ0n) is 8.44. The van der Waals surface area contributed by atoms with E-state index in [0.717, 1.165) is 44.2 Å². The number of ether oxygens (including phenoxy) is 1. The van der Waals surface area contributed by atoms with Gasteiger partial charge in [0, 0.05) is 32.2 Å². The Labute approximate surface area is 83.4 Å². The summed E-state index contributed by atoms with van der Waals surface area (Å²) in [4.78, 5) is 2.33. The van der Waals surface area contributed by atoms with Crippen LogP contribution in [-0.2, 0) is 18.3 Å². The van der Waals surface area contributed by atoms with Crippen LogP contribution < -0.4 is 5.73 Å². The quantitative estimate of drug-likeness (QED) is 0.713. The van der Waals surface area contributed by atoms with Crippen LogP contribution in [-0.4, -0.2) is 41.0 Å². The molecule has 0 aromatic carbocycles. The fourth-order valence-corrected chi connectivity index (χ4v) is 1.61.